The highest BCUT2D eigenvalue weighted by atomic mass is 35.5. The van der Waals surface area contributed by atoms with E-state index in [1.54, 1.807) is 24.3 Å². The average molecular weight is 439 g/mol. The fourth-order valence-electron chi connectivity index (χ4n) is 2.69. The minimum absolute atomic E-state index is 0.113. The van der Waals surface area contributed by atoms with Crippen LogP contribution in [-0.4, -0.2) is 20.1 Å². The third-order valence-electron chi connectivity index (χ3n) is 3.90. The maximum atomic E-state index is 11.2. The Bertz CT molecular complexity index is 992. The lowest BCUT2D eigenvalue weighted by Crippen LogP contribution is -2.10. The molecule has 0 aliphatic heterocycles. The number of benzene rings is 1. The Kier molecular flexibility index (Phi) is 6.43. The van der Waals surface area contributed by atoms with E-state index in [9.17, 15) is 10.1 Å². The predicted molar refractivity (Wildman–Crippen MR) is 108 cm³/mol. The smallest absolute Gasteiger partial charge is 0.406 e. The summed E-state index contributed by atoms with van der Waals surface area (Å²) in [6.45, 7) is 3.79. The Hall–Kier alpha value is -2.29. The highest BCUT2D eigenvalue weighted by Crippen LogP contribution is 2.39. The molecular formula is C18H16Cl2N4O3S. The monoisotopic (exact) mass is 438 g/mol. The van der Waals surface area contributed by atoms with Crippen molar-refractivity contribution in [1.29, 1.82) is 0 Å². The molecule has 0 amide bonds. The second kappa shape index (κ2) is 8.81. The molecule has 28 heavy (non-hydrogen) atoms. The first-order chi connectivity index (χ1) is 13.4. The van der Waals surface area contributed by atoms with E-state index in [0.717, 1.165) is 21.2 Å². The molecule has 2 heterocycles. The molecule has 0 bridgehead atoms. The fourth-order valence-corrected chi connectivity index (χ4v) is 4.44. The zero-order valence-electron chi connectivity index (χ0n) is 15.0. The number of aryl methyl sites for hydroxylation is 1. The molecule has 146 valence electrons. The summed E-state index contributed by atoms with van der Waals surface area (Å²) in [6, 6.07) is 8.39. The molecular weight excluding hydrogens is 423 g/mol. The quantitative estimate of drug-likeness (QED) is 0.358. The number of aromatic amines is 1. The van der Waals surface area contributed by atoms with Crippen molar-refractivity contribution < 1.29 is 9.66 Å². The number of halogens is 2. The normalized spacial score (nSPS) is 12.0. The number of nitrogens with zero attached hydrogens (tertiary/aromatic N) is 3. The first-order valence-electron chi connectivity index (χ1n) is 8.34. The van der Waals surface area contributed by atoms with Gasteiger partial charge < -0.3 is 14.9 Å². The van der Waals surface area contributed by atoms with Gasteiger partial charge in [0.2, 0.25) is 5.75 Å². The van der Waals surface area contributed by atoms with Crippen molar-refractivity contribution in [2.24, 2.45) is 0 Å². The van der Waals surface area contributed by atoms with Gasteiger partial charge in [-0.2, -0.15) is 5.10 Å². The van der Waals surface area contributed by atoms with Gasteiger partial charge in [-0.25, -0.2) is 0 Å². The number of ether oxygens (including phenoxy) is 1. The van der Waals surface area contributed by atoms with E-state index < -0.39 is 11.0 Å². The highest BCUT2D eigenvalue weighted by Gasteiger charge is 2.25. The van der Waals surface area contributed by atoms with Crippen LogP contribution < -0.4 is 4.74 Å². The van der Waals surface area contributed by atoms with Gasteiger partial charge in [0.25, 0.3) is 0 Å². The summed E-state index contributed by atoms with van der Waals surface area (Å²) in [4.78, 5) is 15.3. The number of hydrogen-bond acceptors (Lipinski definition) is 6. The third-order valence-corrected chi connectivity index (χ3v) is 5.32. The lowest BCUT2D eigenvalue weighted by atomic mass is 10.1. The number of H-pyrrole nitrogens is 1. The van der Waals surface area contributed by atoms with Crippen LogP contribution in [-0.2, 0) is 0 Å². The van der Waals surface area contributed by atoms with Crippen LogP contribution in [0.3, 0.4) is 0 Å². The van der Waals surface area contributed by atoms with Crippen LogP contribution in [0.1, 0.15) is 30.7 Å². The van der Waals surface area contributed by atoms with Crippen LogP contribution >= 0.6 is 35.0 Å². The van der Waals surface area contributed by atoms with Crippen LogP contribution in [0.25, 0.3) is 0 Å². The van der Waals surface area contributed by atoms with Crippen molar-refractivity contribution in [3.8, 4) is 5.75 Å². The summed E-state index contributed by atoms with van der Waals surface area (Å²) >= 11 is 13.6. The standard InChI is InChI=1S/C18H16Cl2N4O3S/c1-3-14(27-15-5-4-6-21-17(15)24(25)26)16-10(2)22-23-18(16)28-13-8-11(19)7-12(20)9-13/h4-9,14H,3H2,1-2H3,(H,22,23). The molecule has 0 saturated carbocycles. The molecule has 1 unspecified atom stereocenters. The number of hydrogen-bond donors (Lipinski definition) is 1. The SMILES string of the molecule is CCC(Oc1cccnc1[N+](=O)[O-])c1c(C)n[nH]c1Sc1cc(Cl)cc(Cl)c1. The van der Waals surface area contributed by atoms with Crippen molar-refractivity contribution in [2.75, 3.05) is 0 Å². The van der Waals surface area contributed by atoms with E-state index >= 15 is 0 Å². The Morgan fingerprint density at radius 3 is 2.68 bits per heavy atom. The molecule has 0 fully saturated rings. The van der Waals surface area contributed by atoms with Crippen LogP contribution in [0.2, 0.25) is 10.0 Å². The third kappa shape index (κ3) is 4.57. The number of rotatable bonds is 7. The minimum atomic E-state index is -0.562. The average Bonchev–Trinajstić information content (AvgIpc) is 2.99. The molecule has 1 atom stereocenters. The Morgan fingerprint density at radius 1 is 1.32 bits per heavy atom. The summed E-state index contributed by atoms with van der Waals surface area (Å²) in [5.74, 6) is -0.209. The highest BCUT2D eigenvalue weighted by molar-refractivity contribution is 7.99. The maximum Gasteiger partial charge on any atom is 0.406 e. The lowest BCUT2D eigenvalue weighted by molar-refractivity contribution is -0.390. The van der Waals surface area contributed by atoms with Crippen LogP contribution in [0.4, 0.5) is 5.82 Å². The topological polar surface area (TPSA) is 93.9 Å². The van der Waals surface area contributed by atoms with Gasteiger partial charge in [0.1, 0.15) is 17.3 Å². The van der Waals surface area contributed by atoms with Crippen molar-refractivity contribution in [1.82, 2.24) is 15.2 Å². The molecule has 0 aliphatic carbocycles. The van der Waals surface area contributed by atoms with Crippen LogP contribution in [0, 0.1) is 17.0 Å². The summed E-state index contributed by atoms with van der Waals surface area (Å²) in [7, 11) is 0. The Morgan fingerprint density at radius 2 is 2.04 bits per heavy atom. The predicted octanol–water partition coefficient (Wildman–Crippen LogP) is 6.01. The zero-order valence-corrected chi connectivity index (χ0v) is 17.3. The van der Waals surface area contributed by atoms with Gasteiger partial charge in [-0.15, -0.1) is 0 Å². The number of nitro groups is 1. The first kappa shape index (κ1) is 20.4. The van der Waals surface area contributed by atoms with Gasteiger partial charge in [0, 0.05) is 20.5 Å². The van der Waals surface area contributed by atoms with Gasteiger partial charge in [-0.3, -0.25) is 5.10 Å². The summed E-state index contributed by atoms with van der Waals surface area (Å²) in [5.41, 5.74) is 1.57. The molecule has 0 saturated heterocycles. The van der Waals surface area contributed by atoms with E-state index in [1.807, 2.05) is 13.8 Å². The Labute approximate surface area is 175 Å². The zero-order chi connectivity index (χ0) is 20.3. The molecule has 1 N–H and O–H groups in total. The largest absolute Gasteiger partial charge is 0.477 e. The van der Waals surface area contributed by atoms with E-state index in [-0.39, 0.29) is 11.6 Å². The van der Waals surface area contributed by atoms with E-state index in [1.165, 1.54) is 24.0 Å². The molecule has 3 aromatic rings. The first-order valence-corrected chi connectivity index (χ1v) is 9.91. The molecule has 0 spiro atoms. The van der Waals surface area contributed by atoms with Crippen LogP contribution in [0.15, 0.2) is 46.5 Å². The van der Waals surface area contributed by atoms with E-state index in [4.69, 9.17) is 27.9 Å². The van der Waals surface area contributed by atoms with Gasteiger partial charge in [-0.1, -0.05) is 41.9 Å². The van der Waals surface area contributed by atoms with Crippen molar-refractivity contribution in [3.63, 3.8) is 0 Å². The second-order valence-electron chi connectivity index (χ2n) is 5.86. The molecule has 3 rings (SSSR count). The van der Waals surface area contributed by atoms with Crippen molar-refractivity contribution in [2.45, 2.75) is 36.3 Å². The fraction of sp³-hybridized carbons (Fsp3) is 0.222. The number of pyridine rings is 1. The molecule has 0 aliphatic rings. The van der Waals surface area contributed by atoms with Crippen molar-refractivity contribution in [3.05, 3.63) is 67.9 Å². The number of aromatic nitrogens is 3. The van der Waals surface area contributed by atoms with Gasteiger partial charge in [-0.05, 0) is 53.6 Å². The van der Waals surface area contributed by atoms with E-state index in [2.05, 4.69) is 15.2 Å². The van der Waals surface area contributed by atoms with Gasteiger partial charge in [0.05, 0.1) is 5.69 Å². The summed E-state index contributed by atoms with van der Waals surface area (Å²) < 4.78 is 5.98. The van der Waals surface area contributed by atoms with Gasteiger partial charge >= 0.3 is 5.82 Å². The molecule has 0 radical (unpaired) electrons. The van der Waals surface area contributed by atoms with Crippen molar-refractivity contribution >= 4 is 40.8 Å². The summed E-state index contributed by atoms with van der Waals surface area (Å²) in [5, 5.41) is 20.3. The molecule has 2 aromatic heterocycles. The minimum Gasteiger partial charge on any atom is -0.477 e. The molecule has 7 nitrogen and oxygen atoms in total. The number of nitrogens with one attached hydrogen (secondary N) is 1. The van der Waals surface area contributed by atoms with E-state index in [0.29, 0.717) is 16.5 Å². The van der Waals surface area contributed by atoms with Gasteiger partial charge in [0.15, 0.2) is 0 Å². The second-order valence-corrected chi connectivity index (χ2v) is 7.81. The Balaban J connectivity index is 1.94. The lowest BCUT2D eigenvalue weighted by Gasteiger charge is -2.18. The summed E-state index contributed by atoms with van der Waals surface area (Å²) in [6.07, 6.45) is 1.49. The van der Waals surface area contributed by atoms with Crippen LogP contribution in [0.5, 0.6) is 5.75 Å². The molecule has 10 heteroatoms. The maximum absolute atomic E-state index is 11.2. The molecule has 1 aromatic carbocycles.